The van der Waals surface area contributed by atoms with E-state index in [1.54, 1.807) is 0 Å². The summed E-state index contributed by atoms with van der Waals surface area (Å²) in [4.78, 5) is 8.83. The third-order valence-corrected chi connectivity index (χ3v) is 3.19. The SMILES string of the molecule is CCCNc1cc(Oc2ccc(Br)cc2)nc(CC)n1. The van der Waals surface area contributed by atoms with E-state index < -0.39 is 0 Å². The fourth-order valence-corrected chi connectivity index (χ4v) is 1.91. The molecule has 0 aliphatic carbocycles. The number of hydrogen-bond acceptors (Lipinski definition) is 4. The molecule has 0 amide bonds. The molecule has 1 N–H and O–H groups in total. The Labute approximate surface area is 127 Å². The molecular weight excluding hydrogens is 318 g/mol. The van der Waals surface area contributed by atoms with Crippen LogP contribution >= 0.6 is 15.9 Å². The van der Waals surface area contributed by atoms with E-state index >= 15 is 0 Å². The topological polar surface area (TPSA) is 47.0 Å². The summed E-state index contributed by atoms with van der Waals surface area (Å²) in [5, 5.41) is 3.27. The minimum atomic E-state index is 0.567. The molecular formula is C15H18BrN3O. The Morgan fingerprint density at radius 3 is 2.55 bits per heavy atom. The van der Waals surface area contributed by atoms with Crippen LogP contribution in [0.25, 0.3) is 0 Å². The van der Waals surface area contributed by atoms with Crippen molar-refractivity contribution in [2.75, 3.05) is 11.9 Å². The minimum absolute atomic E-state index is 0.567. The summed E-state index contributed by atoms with van der Waals surface area (Å²) < 4.78 is 6.80. The summed E-state index contributed by atoms with van der Waals surface area (Å²) in [7, 11) is 0. The van der Waals surface area contributed by atoms with Crippen molar-refractivity contribution in [1.82, 2.24) is 9.97 Å². The van der Waals surface area contributed by atoms with Crippen LogP contribution in [0.15, 0.2) is 34.8 Å². The number of rotatable bonds is 6. The quantitative estimate of drug-likeness (QED) is 0.848. The van der Waals surface area contributed by atoms with Crippen LogP contribution in [0.5, 0.6) is 11.6 Å². The predicted molar refractivity (Wildman–Crippen MR) is 84.4 cm³/mol. The third kappa shape index (κ3) is 4.20. The molecule has 0 radical (unpaired) electrons. The molecule has 2 rings (SSSR count). The van der Waals surface area contributed by atoms with E-state index in [2.05, 4.69) is 38.1 Å². The lowest BCUT2D eigenvalue weighted by Crippen LogP contribution is -2.05. The molecule has 1 heterocycles. The first-order chi connectivity index (χ1) is 9.71. The Bertz CT molecular complexity index is 558. The van der Waals surface area contributed by atoms with Gasteiger partial charge in [-0.25, -0.2) is 4.98 Å². The zero-order valence-corrected chi connectivity index (χ0v) is 13.3. The highest BCUT2D eigenvalue weighted by Crippen LogP contribution is 2.23. The van der Waals surface area contributed by atoms with Gasteiger partial charge in [-0.15, -0.1) is 0 Å². The molecule has 1 aromatic heterocycles. The number of halogens is 1. The second-order valence-electron chi connectivity index (χ2n) is 4.34. The van der Waals surface area contributed by atoms with Gasteiger partial charge in [0, 0.05) is 23.5 Å². The maximum Gasteiger partial charge on any atom is 0.224 e. The highest BCUT2D eigenvalue weighted by atomic mass is 79.9. The molecule has 5 heteroatoms. The number of aryl methyl sites for hydroxylation is 1. The molecule has 0 aliphatic rings. The van der Waals surface area contributed by atoms with E-state index in [4.69, 9.17) is 4.74 Å². The first kappa shape index (κ1) is 14.8. The highest BCUT2D eigenvalue weighted by Gasteiger charge is 2.05. The van der Waals surface area contributed by atoms with Crippen LogP contribution in [0.4, 0.5) is 5.82 Å². The van der Waals surface area contributed by atoms with Crippen LogP contribution in [-0.4, -0.2) is 16.5 Å². The van der Waals surface area contributed by atoms with Gasteiger partial charge in [-0.1, -0.05) is 29.8 Å². The zero-order chi connectivity index (χ0) is 14.4. The molecule has 0 saturated heterocycles. The zero-order valence-electron chi connectivity index (χ0n) is 11.7. The molecule has 0 unspecified atom stereocenters. The van der Waals surface area contributed by atoms with E-state index in [-0.39, 0.29) is 0 Å². The number of aromatic nitrogens is 2. The summed E-state index contributed by atoms with van der Waals surface area (Å²) in [6.07, 6.45) is 1.83. The van der Waals surface area contributed by atoms with Crippen LogP contribution in [0.3, 0.4) is 0 Å². The Balaban J connectivity index is 2.19. The van der Waals surface area contributed by atoms with Crippen molar-refractivity contribution in [1.29, 1.82) is 0 Å². The summed E-state index contributed by atoms with van der Waals surface area (Å²) in [6.45, 7) is 5.04. The number of nitrogens with one attached hydrogen (secondary N) is 1. The molecule has 2 aromatic rings. The van der Waals surface area contributed by atoms with Gasteiger partial charge in [-0.2, -0.15) is 4.98 Å². The number of nitrogens with zero attached hydrogens (tertiary/aromatic N) is 2. The van der Waals surface area contributed by atoms with Gasteiger partial charge in [-0.3, -0.25) is 0 Å². The molecule has 0 spiro atoms. The Hall–Kier alpha value is -1.62. The number of benzene rings is 1. The normalized spacial score (nSPS) is 10.3. The second kappa shape index (κ2) is 7.24. The van der Waals surface area contributed by atoms with Gasteiger partial charge >= 0.3 is 0 Å². The first-order valence-electron chi connectivity index (χ1n) is 6.76. The van der Waals surface area contributed by atoms with Crippen LogP contribution in [-0.2, 0) is 6.42 Å². The first-order valence-corrected chi connectivity index (χ1v) is 7.55. The van der Waals surface area contributed by atoms with Gasteiger partial charge in [-0.05, 0) is 30.7 Å². The molecule has 1 aromatic carbocycles. The minimum Gasteiger partial charge on any atom is -0.439 e. The van der Waals surface area contributed by atoms with Gasteiger partial charge in [0.05, 0.1) is 0 Å². The lowest BCUT2D eigenvalue weighted by Gasteiger charge is -2.09. The number of ether oxygens (including phenoxy) is 1. The molecule has 0 aliphatic heterocycles. The van der Waals surface area contributed by atoms with E-state index in [1.807, 2.05) is 37.3 Å². The lowest BCUT2D eigenvalue weighted by atomic mass is 10.3. The van der Waals surface area contributed by atoms with Crippen molar-refractivity contribution in [2.24, 2.45) is 0 Å². The molecule has 0 fully saturated rings. The van der Waals surface area contributed by atoms with Crippen LogP contribution in [0, 0.1) is 0 Å². The Morgan fingerprint density at radius 1 is 1.15 bits per heavy atom. The van der Waals surface area contributed by atoms with Gasteiger partial charge in [0.1, 0.15) is 17.4 Å². The molecule has 0 bridgehead atoms. The summed E-state index contributed by atoms with van der Waals surface area (Å²) in [5.41, 5.74) is 0. The third-order valence-electron chi connectivity index (χ3n) is 2.66. The fraction of sp³-hybridized carbons (Fsp3) is 0.333. The Morgan fingerprint density at radius 2 is 1.90 bits per heavy atom. The molecule has 20 heavy (non-hydrogen) atoms. The summed E-state index contributed by atoms with van der Waals surface area (Å²) in [6, 6.07) is 9.51. The number of anilines is 1. The molecule has 0 atom stereocenters. The van der Waals surface area contributed by atoms with E-state index in [0.29, 0.717) is 5.88 Å². The van der Waals surface area contributed by atoms with Crippen molar-refractivity contribution in [3.8, 4) is 11.6 Å². The highest BCUT2D eigenvalue weighted by molar-refractivity contribution is 9.10. The summed E-state index contributed by atoms with van der Waals surface area (Å²) in [5.74, 6) is 2.91. The van der Waals surface area contributed by atoms with Crippen LogP contribution in [0.2, 0.25) is 0 Å². The standard InChI is InChI=1S/C15H18BrN3O/c1-3-9-17-14-10-15(19-13(4-2)18-14)20-12-7-5-11(16)6-8-12/h5-8,10H,3-4,9H2,1-2H3,(H,17,18,19). The van der Waals surface area contributed by atoms with E-state index in [0.717, 1.165) is 41.3 Å². The van der Waals surface area contributed by atoms with Crippen molar-refractivity contribution in [3.05, 3.63) is 40.6 Å². The smallest absolute Gasteiger partial charge is 0.224 e. The number of hydrogen-bond donors (Lipinski definition) is 1. The van der Waals surface area contributed by atoms with Gasteiger partial charge in [0.25, 0.3) is 0 Å². The summed E-state index contributed by atoms with van der Waals surface area (Å²) >= 11 is 3.40. The second-order valence-corrected chi connectivity index (χ2v) is 5.26. The Kier molecular flexibility index (Phi) is 5.35. The monoisotopic (exact) mass is 335 g/mol. The maximum absolute atomic E-state index is 5.78. The van der Waals surface area contributed by atoms with Crippen LogP contribution < -0.4 is 10.1 Å². The van der Waals surface area contributed by atoms with Crippen molar-refractivity contribution >= 4 is 21.7 Å². The lowest BCUT2D eigenvalue weighted by molar-refractivity contribution is 0.459. The van der Waals surface area contributed by atoms with E-state index in [9.17, 15) is 0 Å². The maximum atomic E-state index is 5.78. The van der Waals surface area contributed by atoms with Gasteiger partial charge in [0.2, 0.25) is 5.88 Å². The van der Waals surface area contributed by atoms with Crippen molar-refractivity contribution < 1.29 is 4.74 Å². The average Bonchev–Trinajstić information content (AvgIpc) is 2.47. The van der Waals surface area contributed by atoms with E-state index in [1.165, 1.54) is 0 Å². The molecule has 106 valence electrons. The molecule has 4 nitrogen and oxygen atoms in total. The van der Waals surface area contributed by atoms with Gasteiger partial charge in [0.15, 0.2) is 0 Å². The average molecular weight is 336 g/mol. The van der Waals surface area contributed by atoms with Gasteiger partial charge < -0.3 is 10.1 Å². The van der Waals surface area contributed by atoms with Crippen molar-refractivity contribution in [3.63, 3.8) is 0 Å². The van der Waals surface area contributed by atoms with Crippen LogP contribution in [0.1, 0.15) is 26.1 Å². The van der Waals surface area contributed by atoms with Crippen molar-refractivity contribution in [2.45, 2.75) is 26.7 Å². The predicted octanol–water partition coefficient (Wildman–Crippen LogP) is 4.42. The molecule has 0 saturated carbocycles. The fourth-order valence-electron chi connectivity index (χ4n) is 1.65. The largest absolute Gasteiger partial charge is 0.439 e.